The number of hydrogen-bond acceptors (Lipinski definition) is 2. The number of rotatable bonds is 9. The van der Waals surface area contributed by atoms with Crippen LogP contribution in [0.5, 0.6) is 0 Å². The summed E-state index contributed by atoms with van der Waals surface area (Å²) in [5.41, 5.74) is 10.4. The minimum atomic E-state index is -2.13. The molecule has 418 valence electrons. The summed E-state index contributed by atoms with van der Waals surface area (Å²) in [4.78, 5) is 5.60. The number of nitrogens with zero attached hydrogens (tertiary/aromatic N) is 2. The van der Waals surface area contributed by atoms with Crippen LogP contribution < -0.4 is 4.90 Å². The van der Waals surface area contributed by atoms with E-state index in [1.807, 2.05) is 167 Å². The number of halogens is 9. The molecule has 1 aromatic heterocycles. The molecule has 0 aliphatic carbocycles. The fraction of sp³-hybridized carbons (Fsp3) is 0.269. The summed E-state index contributed by atoms with van der Waals surface area (Å²) in [6, 6.07) is 39.7. The number of allylic oxidation sites excluding steroid dienone is 8. The van der Waals surface area contributed by atoms with Gasteiger partial charge in [-0.15, -0.1) is 0 Å². The van der Waals surface area contributed by atoms with E-state index in [1.54, 1.807) is 25.1 Å². The summed E-state index contributed by atoms with van der Waals surface area (Å²) >= 11 is 0. The molecule has 7 rings (SSSR count). The van der Waals surface area contributed by atoms with Gasteiger partial charge in [0, 0.05) is 34.8 Å². The summed E-state index contributed by atoms with van der Waals surface area (Å²) in [6.45, 7) is 33.3. The summed E-state index contributed by atoms with van der Waals surface area (Å²) in [7, 11) is 0. The van der Waals surface area contributed by atoms with Crippen LogP contribution in [0.4, 0.5) is 50.9 Å². The number of aromatic nitrogens is 1. The second kappa shape index (κ2) is 34.4. The lowest BCUT2D eigenvalue weighted by atomic mass is 10.0. The highest BCUT2D eigenvalue weighted by Crippen LogP contribution is 2.37. The standard InChI is InChI=1S/C37H33F4N.C12H11N.C7H3F5.C5H12.3C2H6/c1-24-11-17-30(18-12-24)25(2)13-14-26(3)31-19-21-32(22-20-31)42(37-34(39)23-33(38)35(40)36(37)41)28(5)16-15-27(4)29-9-7-6-8-10-29;1-10-7-8-12(13-9-10)11-5-3-2-4-6-11;1-2-3(8)5(10)7(12)6(11)4(2)9;1-5(2,3)4;3*1-2/h6-23H,1-5H3;2-9H,1H3;1H3;1-4H3;3*1-2H3/b25-13+,26-14+,27-15+,28-16+;;;;;;. The Morgan fingerprint density at radius 3 is 1.24 bits per heavy atom. The molecule has 0 atom stereocenters. The Morgan fingerprint density at radius 2 is 0.808 bits per heavy atom. The monoisotopic (exact) mass is 1080 g/mol. The molecule has 0 N–H and O–H groups in total. The van der Waals surface area contributed by atoms with Crippen LogP contribution in [0.15, 0.2) is 164 Å². The van der Waals surface area contributed by atoms with Crippen molar-refractivity contribution in [1.29, 1.82) is 0 Å². The van der Waals surface area contributed by atoms with Crippen molar-refractivity contribution in [2.75, 3.05) is 4.90 Å². The lowest BCUT2D eigenvalue weighted by Crippen LogP contribution is -2.19. The van der Waals surface area contributed by atoms with Crippen LogP contribution in [0, 0.1) is 78.5 Å². The van der Waals surface area contributed by atoms with Crippen molar-refractivity contribution in [2.45, 2.75) is 118 Å². The smallest absolute Gasteiger partial charge is 0.200 e. The maximum atomic E-state index is 15.1. The molecule has 0 aliphatic heterocycles. The average molecular weight is 1080 g/mol. The van der Waals surface area contributed by atoms with E-state index in [9.17, 15) is 30.7 Å². The summed E-state index contributed by atoms with van der Waals surface area (Å²) in [6.07, 6.45) is 9.46. The average Bonchev–Trinajstić information content (AvgIpc) is 3.45. The van der Waals surface area contributed by atoms with Gasteiger partial charge in [0.05, 0.1) is 5.69 Å². The van der Waals surface area contributed by atoms with Gasteiger partial charge in [0.2, 0.25) is 5.82 Å². The SMILES string of the molecule is C/C(=C\C=C(/C)N(c1ccc(/C(C)=C/C=C(\C)c2ccc(C)cc2)cc1)c1c(F)cc(F)c(F)c1F)c1ccccc1.CC.CC.CC.CC(C)(C)C.Cc1c(F)c(F)c(F)c(F)c1F.Cc1ccc(-c2ccccc2)nc1. The molecule has 11 heteroatoms. The van der Waals surface area contributed by atoms with Crippen molar-refractivity contribution >= 4 is 28.1 Å². The molecule has 0 fully saturated rings. The molecule has 0 radical (unpaired) electrons. The summed E-state index contributed by atoms with van der Waals surface area (Å²) in [5, 5.41) is 0. The number of aryl methyl sites for hydroxylation is 2. The Labute approximate surface area is 459 Å². The third-order valence-electron chi connectivity index (χ3n) is 10.6. The molecule has 0 saturated heterocycles. The number of benzene rings is 6. The minimum Gasteiger partial charge on any atom is -0.309 e. The van der Waals surface area contributed by atoms with Crippen molar-refractivity contribution in [1.82, 2.24) is 4.98 Å². The van der Waals surface area contributed by atoms with Crippen LogP contribution in [0.25, 0.3) is 28.0 Å². The second-order valence-corrected chi connectivity index (χ2v) is 18.6. The number of pyridine rings is 1. The van der Waals surface area contributed by atoms with Gasteiger partial charge in [-0.25, -0.2) is 39.5 Å². The largest absolute Gasteiger partial charge is 0.309 e. The van der Waals surface area contributed by atoms with Crippen molar-refractivity contribution < 1.29 is 39.5 Å². The maximum Gasteiger partial charge on any atom is 0.200 e. The summed E-state index contributed by atoms with van der Waals surface area (Å²) in [5.74, 6) is -15.6. The zero-order chi connectivity index (χ0) is 59.4. The highest BCUT2D eigenvalue weighted by Gasteiger charge is 2.26. The Balaban J connectivity index is 0.000000679. The number of anilines is 2. The second-order valence-electron chi connectivity index (χ2n) is 18.6. The first-order chi connectivity index (χ1) is 36.9. The van der Waals surface area contributed by atoms with E-state index < -0.39 is 63.6 Å². The van der Waals surface area contributed by atoms with Crippen LogP contribution in [-0.2, 0) is 0 Å². The van der Waals surface area contributed by atoms with Gasteiger partial charge in [0.25, 0.3) is 0 Å². The van der Waals surface area contributed by atoms with Gasteiger partial charge in [-0.1, -0.05) is 196 Å². The van der Waals surface area contributed by atoms with E-state index in [0.717, 1.165) is 46.0 Å². The first-order valence-electron chi connectivity index (χ1n) is 25.9. The van der Waals surface area contributed by atoms with Crippen LogP contribution in [0.2, 0.25) is 0 Å². The predicted molar refractivity (Wildman–Crippen MR) is 312 cm³/mol. The van der Waals surface area contributed by atoms with Gasteiger partial charge >= 0.3 is 0 Å². The van der Waals surface area contributed by atoms with Crippen LogP contribution in [0.1, 0.15) is 130 Å². The minimum absolute atomic E-state index is 0.364. The molecule has 7 aromatic rings. The molecular weight excluding hydrogens is 1000 g/mol. The number of hydrogen-bond donors (Lipinski definition) is 0. The highest BCUT2D eigenvalue weighted by molar-refractivity contribution is 5.75. The molecule has 0 bridgehead atoms. The summed E-state index contributed by atoms with van der Waals surface area (Å²) < 4.78 is 120. The van der Waals surface area contributed by atoms with E-state index in [4.69, 9.17) is 0 Å². The Kier molecular flexibility index (Phi) is 30.2. The van der Waals surface area contributed by atoms with E-state index in [-0.39, 0.29) is 0 Å². The quantitative estimate of drug-likeness (QED) is 0.0620. The molecule has 0 saturated carbocycles. The van der Waals surface area contributed by atoms with E-state index in [0.29, 0.717) is 22.9 Å². The Bertz CT molecular complexity index is 2910. The molecule has 1 heterocycles. The molecular formula is C67H77F9N2. The topological polar surface area (TPSA) is 16.1 Å². The molecule has 78 heavy (non-hydrogen) atoms. The molecule has 2 nitrogen and oxygen atoms in total. The Hall–Kier alpha value is -7.40. The predicted octanol–water partition coefficient (Wildman–Crippen LogP) is 22.1. The molecule has 6 aromatic carbocycles. The zero-order valence-corrected chi connectivity index (χ0v) is 48.3. The van der Waals surface area contributed by atoms with Crippen LogP contribution in [-0.4, -0.2) is 4.98 Å². The van der Waals surface area contributed by atoms with Gasteiger partial charge < -0.3 is 4.90 Å². The zero-order valence-electron chi connectivity index (χ0n) is 48.3. The fourth-order valence-corrected chi connectivity index (χ4v) is 6.48. The van der Waals surface area contributed by atoms with Gasteiger partial charge in [0.15, 0.2) is 46.5 Å². The fourth-order valence-electron chi connectivity index (χ4n) is 6.48. The third-order valence-corrected chi connectivity index (χ3v) is 10.6. The molecule has 0 unspecified atom stereocenters. The van der Waals surface area contributed by atoms with Crippen molar-refractivity contribution in [3.8, 4) is 11.3 Å². The van der Waals surface area contributed by atoms with Gasteiger partial charge in [0.1, 0.15) is 5.69 Å². The maximum absolute atomic E-state index is 15.1. The van der Waals surface area contributed by atoms with Crippen molar-refractivity contribution in [2.24, 2.45) is 5.41 Å². The van der Waals surface area contributed by atoms with Gasteiger partial charge in [-0.2, -0.15) is 0 Å². The molecule has 0 aliphatic rings. The van der Waals surface area contributed by atoms with Crippen LogP contribution in [0.3, 0.4) is 0 Å². The Morgan fingerprint density at radius 1 is 0.423 bits per heavy atom. The van der Waals surface area contributed by atoms with Crippen molar-refractivity contribution in [3.63, 3.8) is 0 Å². The molecule has 0 spiro atoms. The normalized spacial score (nSPS) is 11.3. The van der Waals surface area contributed by atoms with E-state index >= 15 is 8.78 Å². The van der Waals surface area contributed by atoms with E-state index in [1.165, 1.54) is 21.6 Å². The van der Waals surface area contributed by atoms with Crippen molar-refractivity contribution in [3.05, 3.63) is 249 Å². The van der Waals surface area contributed by atoms with Gasteiger partial charge in [-0.05, 0) is 117 Å². The highest BCUT2D eigenvalue weighted by atomic mass is 19.2. The van der Waals surface area contributed by atoms with Gasteiger partial charge in [-0.3, -0.25) is 4.98 Å². The van der Waals surface area contributed by atoms with E-state index in [2.05, 4.69) is 75.1 Å². The van der Waals surface area contributed by atoms with Crippen LogP contribution >= 0.6 is 0 Å². The lowest BCUT2D eigenvalue weighted by molar-refractivity contribution is 0.373. The first kappa shape index (κ1) is 68.6. The third kappa shape index (κ3) is 21.6. The first-order valence-corrected chi connectivity index (χ1v) is 25.9. The molecule has 0 amide bonds. The lowest BCUT2D eigenvalue weighted by Gasteiger charge is -2.27.